The van der Waals surface area contributed by atoms with E-state index in [2.05, 4.69) is 57.2 Å². The molecule has 0 aliphatic carbocycles. The Labute approximate surface area is 482 Å². The number of carbonyl (C=O) groups is 4. The van der Waals surface area contributed by atoms with E-state index in [0.29, 0.717) is 19.3 Å². The van der Waals surface area contributed by atoms with Crippen LogP contribution in [0, 0.1) is 0 Å². The van der Waals surface area contributed by atoms with Gasteiger partial charge in [-0.3, -0.25) is 14.4 Å². The number of unbranched alkanes of at least 4 members (excludes halogenated alkanes) is 37. The van der Waals surface area contributed by atoms with Crippen LogP contribution in [-0.2, 0) is 42.9 Å². The summed E-state index contributed by atoms with van der Waals surface area (Å²) in [6.07, 6.45) is 53.9. The SMILES string of the molecule is CCCCC/C=C\C/C=C\CCCCCCCCCCCC(=O)OCC(COC1OC(C(=O)O)C(O)C(O)C1OC(=O)CCCCCCCCCCCCC)OC(=O)CCCCCCCCCCC/C=C\CCCCCCCC. The Hall–Kier alpha value is -3.06. The Bertz CT molecular complexity index is 1510. The monoisotopic (exact) mass is 1120 g/mol. The quantitative estimate of drug-likeness (QED) is 0.0228. The van der Waals surface area contributed by atoms with Crippen molar-refractivity contribution in [3.05, 3.63) is 36.5 Å². The molecule has 1 fully saturated rings. The molecule has 12 nitrogen and oxygen atoms in total. The van der Waals surface area contributed by atoms with Crippen molar-refractivity contribution in [2.24, 2.45) is 0 Å². The van der Waals surface area contributed by atoms with Gasteiger partial charge in [-0.1, -0.05) is 256 Å². The average Bonchev–Trinajstić information content (AvgIpc) is 3.47. The van der Waals surface area contributed by atoms with Crippen molar-refractivity contribution < 1.29 is 58.2 Å². The van der Waals surface area contributed by atoms with Gasteiger partial charge in [0.1, 0.15) is 18.8 Å². The molecule has 1 aliphatic heterocycles. The minimum absolute atomic E-state index is 0.0648. The van der Waals surface area contributed by atoms with E-state index in [1.807, 2.05) is 0 Å². The lowest BCUT2D eigenvalue weighted by molar-refractivity contribution is -0.301. The highest BCUT2D eigenvalue weighted by Crippen LogP contribution is 2.27. The fourth-order valence-electron chi connectivity index (χ4n) is 10.1. The van der Waals surface area contributed by atoms with Crippen molar-refractivity contribution in [1.82, 2.24) is 0 Å². The number of aliphatic carboxylic acids is 1. The Kier molecular flexibility index (Phi) is 51.9. The minimum atomic E-state index is -1.90. The number of hydrogen-bond donors (Lipinski definition) is 3. The molecule has 6 unspecified atom stereocenters. The molecule has 0 aromatic heterocycles. The summed E-state index contributed by atoms with van der Waals surface area (Å²) in [7, 11) is 0. The molecule has 3 N–H and O–H groups in total. The number of ether oxygens (including phenoxy) is 5. The molecule has 460 valence electrons. The number of allylic oxidation sites excluding steroid dienone is 6. The van der Waals surface area contributed by atoms with Crippen molar-refractivity contribution in [3.8, 4) is 0 Å². The number of aliphatic hydroxyl groups excluding tert-OH is 2. The van der Waals surface area contributed by atoms with Crippen LogP contribution < -0.4 is 0 Å². The summed E-state index contributed by atoms with van der Waals surface area (Å²) in [6, 6.07) is 0. The summed E-state index contributed by atoms with van der Waals surface area (Å²) in [5, 5.41) is 31.5. The van der Waals surface area contributed by atoms with E-state index in [0.717, 1.165) is 77.0 Å². The molecule has 0 aromatic rings. The highest BCUT2D eigenvalue weighted by molar-refractivity contribution is 5.74. The number of carbonyl (C=O) groups excluding carboxylic acids is 3. The van der Waals surface area contributed by atoms with Gasteiger partial charge in [-0.15, -0.1) is 0 Å². The van der Waals surface area contributed by atoms with Gasteiger partial charge in [0, 0.05) is 19.3 Å². The van der Waals surface area contributed by atoms with Crippen molar-refractivity contribution in [2.75, 3.05) is 13.2 Å². The molecule has 0 amide bonds. The van der Waals surface area contributed by atoms with Crippen LogP contribution in [0.1, 0.15) is 316 Å². The summed E-state index contributed by atoms with van der Waals surface area (Å²) < 4.78 is 28.5. The number of carboxylic acids is 1. The zero-order valence-electron chi connectivity index (χ0n) is 50.9. The van der Waals surface area contributed by atoms with Gasteiger partial charge in [0.25, 0.3) is 0 Å². The second-order valence-corrected chi connectivity index (χ2v) is 22.8. The fourth-order valence-corrected chi connectivity index (χ4v) is 10.1. The molecule has 1 aliphatic rings. The highest BCUT2D eigenvalue weighted by atomic mass is 16.7. The van der Waals surface area contributed by atoms with Gasteiger partial charge in [-0.2, -0.15) is 0 Å². The lowest BCUT2D eigenvalue weighted by atomic mass is 9.98. The van der Waals surface area contributed by atoms with E-state index in [-0.39, 0.29) is 25.9 Å². The average molecular weight is 1120 g/mol. The molecule has 1 heterocycles. The summed E-state index contributed by atoms with van der Waals surface area (Å²) in [5.41, 5.74) is 0. The van der Waals surface area contributed by atoms with Crippen molar-refractivity contribution >= 4 is 23.9 Å². The van der Waals surface area contributed by atoms with E-state index in [1.54, 1.807) is 0 Å². The molecule has 0 aromatic carbocycles. The predicted molar refractivity (Wildman–Crippen MR) is 322 cm³/mol. The molecule has 12 heteroatoms. The Morgan fingerprint density at radius 1 is 0.418 bits per heavy atom. The lowest BCUT2D eigenvalue weighted by Crippen LogP contribution is -2.61. The first kappa shape index (κ1) is 74.0. The van der Waals surface area contributed by atoms with Crippen LogP contribution in [0.25, 0.3) is 0 Å². The van der Waals surface area contributed by atoms with E-state index in [4.69, 9.17) is 23.7 Å². The number of rotatable bonds is 57. The first-order valence-electron chi connectivity index (χ1n) is 33.0. The largest absolute Gasteiger partial charge is 0.479 e. The normalized spacial score (nSPS) is 18.0. The van der Waals surface area contributed by atoms with Crippen LogP contribution in [0.15, 0.2) is 36.5 Å². The molecule has 1 rings (SSSR count). The topological polar surface area (TPSA) is 175 Å². The molecule has 0 saturated carbocycles. The van der Waals surface area contributed by atoms with Crippen molar-refractivity contribution in [3.63, 3.8) is 0 Å². The maximum atomic E-state index is 13.2. The lowest BCUT2D eigenvalue weighted by Gasteiger charge is -2.40. The molecular weight excluding hydrogens is 997 g/mol. The van der Waals surface area contributed by atoms with Gasteiger partial charge in [0.05, 0.1) is 6.61 Å². The zero-order chi connectivity index (χ0) is 57.5. The third kappa shape index (κ3) is 45.2. The second kappa shape index (κ2) is 55.5. The Morgan fingerprint density at radius 2 is 0.759 bits per heavy atom. The molecule has 79 heavy (non-hydrogen) atoms. The van der Waals surface area contributed by atoms with Gasteiger partial charge >= 0.3 is 23.9 Å². The van der Waals surface area contributed by atoms with Crippen molar-refractivity contribution in [2.45, 2.75) is 353 Å². The molecule has 0 radical (unpaired) electrons. The Morgan fingerprint density at radius 3 is 1.18 bits per heavy atom. The van der Waals surface area contributed by atoms with Crippen LogP contribution in [0.4, 0.5) is 0 Å². The molecule has 0 bridgehead atoms. The number of esters is 3. The van der Waals surface area contributed by atoms with Gasteiger partial charge in [-0.05, 0) is 77.0 Å². The molecule has 0 spiro atoms. The van der Waals surface area contributed by atoms with Crippen molar-refractivity contribution in [1.29, 1.82) is 0 Å². The molecule has 6 atom stereocenters. The maximum Gasteiger partial charge on any atom is 0.335 e. The van der Waals surface area contributed by atoms with Crippen LogP contribution in [0.3, 0.4) is 0 Å². The van der Waals surface area contributed by atoms with E-state index < -0.39 is 67.3 Å². The second-order valence-electron chi connectivity index (χ2n) is 22.8. The summed E-state index contributed by atoms with van der Waals surface area (Å²) in [5.74, 6) is -3.09. The summed E-state index contributed by atoms with van der Waals surface area (Å²) in [6.45, 7) is 5.99. The maximum absolute atomic E-state index is 13.2. The third-order valence-corrected chi connectivity index (χ3v) is 15.2. The van der Waals surface area contributed by atoms with Gasteiger partial charge in [-0.25, -0.2) is 4.79 Å². The standard InChI is InChI=1S/C67H120O12/c1-4-7-10-13-16-19-22-24-26-28-30-32-34-36-39-41-44-47-50-53-59(68)75-56-58(77-60(69)54-51-48-45-43-40-37-35-33-31-29-27-25-23-20-17-14-11-8-5-2)57-76-67-65(63(72)62(71)64(79-67)66(73)74)78-61(70)55-52-49-46-42-38-21-18-15-12-9-6-3/h16,19,24-27,58,62-65,67,71-72H,4-15,17-18,20-23,28-57H2,1-3H3,(H,73,74)/b19-16-,26-24-,27-25-. The highest BCUT2D eigenvalue weighted by Gasteiger charge is 2.50. The first-order chi connectivity index (χ1) is 38.6. The van der Waals surface area contributed by atoms with Gasteiger partial charge in [0.2, 0.25) is 0 Å². The zero-order valence-corrected chi connectivity index (χ0v) is 50.9. The minimum Gasteiger partial charge on any atom is -0.479 e. The van der Waals surface area contributed by atoms with E-state index in [1.165, 1.54) is 180 Å². The number of carboxylic acid groups (broad SMARTS) is 1. The fraction of sp³-hybridized carbons (Fsp3) is 0.851. The molecular formula is C67H120O12. The van der Waals surface area contributed by atoms with Gasteiger partial charge < -0.3 is 39.0 Å². The number of hydrogen-bond acceptors (Lipinski definition) is 11. The summed E-state index contributed by atoms with van der Waals surface area (Å²) >= 11 is 0. The number of aliphatic hydroxyl groups is 2. The molecule has 1 saturated heterocycles. The van der Waals surface area contributed by atoms with Crippen LogP contribution in [0.5, 0.6) is 0 Å². The van der Waals surface area contributed by atoms with E-state index >= 15 is 0 Å². The third-order valence-electron chi connectivity index (χ3n) is 15.2. The van der Waals surface area contributed by atoms with E-state index in [9.17, 15) is 34.5 Å². The van der Waals surface area contributed by atoms with Crippen LogP contribution >= 0.6 is 0 Å². The first-order valence-corrected chi connectivity index (χ1v) is 33.0. The summed E-state index contributed by atoms with van der Waals surface area (Å²) in [4.78, 5) is 51.3. The van der Waals surface area contributed by atoms with Crippen LogP contribution in [-0.4, -0.2) is 89.2 Å². The Balaban J connectivity index is 2.62. The smallest absolute Gasteiger partial charge is 0.335 e. The predicted octanol–water partition coefficient (Wildman–Crippen LogP) is 17.6. The van der Waals surface area contributed by atoms with Gasteiger partial charge in [0.15, 0.2) is 24.6 Å². The van der Waals surface area contributed by atoms with Crippen LogP contribution in [0.2, 0.25) is 0 Å².